The van der Waals surface area contributed by atoms with Crippen LogP contribution >= 0.6 is 0 Å². The minimum atomic E-state index is -0.0159. The molecule has 1 spiro atoms. The van der Waals surface area contributed by atoms with E-state index in [2.05, 4.69) is 184 Å². The molecule has 0 N–H and O–H groups in total. The first-order valence-corrected chi connectivity index (χ1v) is 22.7. The summed E-state index contributed by atoms with van der Waals surface area (Å²) in [7, 11) is 0. The van der Waals surface area contributed by atoms with Gasteiger partial charge in [-0.1, -0.05) is 131 Å². The van der Waals surface area contributed by atoms with Crippen molar-refractivity contribution in [3.8, 4) is 33.8 Å². The molecule has 0 amide bonds. The lowest BCUT2D eigenvalue weighted by Crippen LogP contribution is -2.57. The Balaban J connectivity index is 1.02. The number of para-hydroxylation sites is 1. The Hall–Kier alpha value is -5.60. The van der Waals surface area contributed by atoms with E-state index < -0.39 is 0 Å². The fraction of sp³-hybridized carbons (Fsp3) is 0.310. The maximum atomic E-state index is 6.90. The van der Waals surface area contributed by atoms with E-state index in [-0.39, 0.29) is 16.2 Å². The highest BCUT2D eigenvalue weighted by Crippen LogP contribution is 2.69. The van der Waals surface area contributed by atoms with E-state index in [0.717, 1.165) is 23.3 Å². The largest absolute Gasteiger partial charge is 0.457 e. The van der Waals surface area contributed by atoms with Gasteiger partial charge in [-0.05, 0) is 172 Å². The Morgan fingerprint density at radius 2 is 0.950 bits per heavy atom. The topological polar surface area (TPSA) is 12.5 Å². The standard InChI is InChI=1S/C58H55NO/c1-56(2)28-29-57(3,4)52-35-44(22-26-50(52)56)59(43-20-18-40(19-21-43)47-25-24-46(39-12-6-5-7-13-39)48-14-8-9-15-49(47)48)45-23-27-55-53(36-45)58(51-16-10-11-17-54(51)60-55)41-31-37-30-38(33-41)34-42(58)32-37/h5-27,35-38,41-42H,28-34H2,1-4H3. The van der Waals surface area contributed by atoms with Crippen LogP contribution in [0.5, 0.6) is 11.5 Å². The molecule has 0 unspecified atom stereocenters. The normalized spacial score (nSPS) is 25.0. The van der Waals surface area contributed by atoms with Gasteiger partial charge in [0.1, 0.15) is 11.5 Å². The number of hydrogen-bond donors (Lipinski definition) is 0. The average Bonchev–Trinajstić information content (AvgIpc) is 3.27. The van der Waals surface area contributed by atoms with Gasteiger partial charge in [-0.3, -0.25) is 0 Å². The van der Waals surface area contributed by atoms with Crippen LogP contribution in [0.1, 0.15) is 94.9 Å². The molecule has 7 aromatic carbocycles. The highest BCUT2D eigenvalue weighted by atomic mass is 16.5. The number of rotatable bonds is 5. The molecule has 6 aliphatic rings. The molecule has 2 nitrogen and oxygen atoms in total. The van der Waals surface area contributed by atoms with Crippen molar-refractivity contribution in [1.29, 1.82) is 0 Å². The molecule has 4 saturated carbocycles. The SMILES string of the molecule is CC1(C)CCC(C)(C)c2cc(N(c3ccc(-c4ccc(-c5ccccc5)c5ccccc45)cc3)c3ccc4c(c3)C3(c5ccccc5O4)C4CC5CC(C4)CC3C5)ccc21. The monoisotopic (exact) mass is 781 g/mol. The van der Waals surface area contributed by atoms with Crippen LogP contribution in [0.4, 0.5) is 17.1 Å². The van der Waals surface area contributed by atoms with E-state index >= 15 is 0 Å². The number of nitrogens with zero attached hydrogens (tertiary/aromatic N) is 1. The second-order valence-electron chi connectivity index (χ2n) is 20.4. The predicted molar refractivity (Wildman–Crippen MR) is 249 cm³/mol. The lowest BCUT2D eigenvalue weighted by Gasteiger charge is -2.63. The molecule has 13 rings (SSSR count). The number of ether oxygens (including phenoxy) is 1. The summed E-state index contributed by atoms with van der Waals surface area (Å²) in [5.41, 5.74) is 14.7. The van der Waals surface area contributed by atoms with Crippen molar-refractivity contribution in [2.75, 3.05) is 4.90 Å². The zero-order valence-electron chi connectivity index (χ0n) is 35.5. The lowest BCUT2D eigenvalue weighted by molar-refractivity contribution is -0.0452. The number of fused-ring (bicyclic) bond motifs is 4. The predicted octanol–water partition coefficient (Wildman–Crippen LogP) is 15.8. The van der Waals surface area contributed by atoms with Gasteiger partial charge in [-0.2, -0.15) is 0 Å². The van der Waals surface area contributed by atoms with Crippen molar-refractivity contribution < 1.29 is 4.74 Å². The maximum absolute atomic E-state index is 6.90. The highest BCUT2D eigenvalue weighted by Gasteiger charge is 2.61. The third kappa shape index (κ3) is 5.38. The van der Waals surface area contributed by atoms with Crippen molar-refractivity contribution in [2.24, 2.45) is 23.7 Å². The van der Waals surface area contributed by atoms with Gasteiger partial charge in [0, 0.05) is 33.6 Å². The summed E-state index contributed by atoms with van der Waals surface area (Å²) >= 11 is 0. The molecule has 1 aliphatic heterocycles. The molecule has 298 valence electrons. The summed E-state index contributed by atoms with van der Waals surface area (Å²) in [4.78, 5) is 2.54. The van der Waals surface area contributed by atoms with Crippen LogP contribution in [0, 0.1) is 23.7 Å². The molecule has 0 radical (unpaired) electrons. The maximum Gasteiger partial charge on any atom is 0.131 e. The van der Waals surface area contributed by atoms with Crippen LogP contribution in [0.25, 0.3) is 33.0 Å². The number of anilines is 3. The van der Waals surface area contributed by atoms with E-state index in [1.54, 1.807) is 0 Å². The lowest BCUT2D eigenvalue weighted by atomic mass is 9.42. The Morgan fingerprint density at radius 1 is 0.433 bits per heavy atom. The Labute approximate surface area is 356 Å². The molecular weight excluding hydrogens is 727 g/mol. The van der Waals surface area contributed by atoms with Crippen molar-refractivity contribution in [3.05, 3.63) is 174 Å². The molecule has 0 atom stereocenters. The summed E-state index contributed by atoms with van der Waals surface area (Å²) in [6, 6.07) is 57.3. The summed E-state index contributed by atoms with van der Waals surface area (Å²) in [5, 5.41) is 2.56. The van der Waals surface area contributed by atoms with Crippen LogP contribution in [0.15, 0.2) is 152 Å². The van der Waals surface area contributed by atoms with Gasteiger partial charge in [0.2, 0.25) is 0 Å². The summed E-state index contributed by atoms with van der Waals surface area (Å²) < 4.78 is 6.90. The molecule has 7 aromatic rings. The van der Waals surface area contributed by atoms with Gasteiger partial charge in [-0.15, -0.1) is 0 Å². The molecule has 2 heteroatoms. The van der Waals surface area contributed by atoms with Gasteiger partial charge < -0.3 is 9.64 Å². The zero-order chi connectivity index (χ0) is 40.4. The van der Waals surface area contributed by atoms with E-state index in [1.807, 2.05) is 0 Å². The van der Waals surface area contributed by atoms with Gasteiger partial charge in [-0.25, -0.2) is 0 Å². The fourth-order valence-corrected chi connectivity index (χ4v) is 13.4. The molecule has 0 aromatic heterocycles. The second kappa shape index (κ2) is 13.2. The third-order valence-electron chi connectivity index (χ3n) is 16.2. The molecule has 4 fully saturated rings. The van der Waals surface area contributed by atoms with Crippen LogP contribution < -0.4 is 9.64 Å². The first-order valence-electron chi connectivity index (χ1n) is 22.7. The van der Waals surface area contributed by atoms with E-state index in [9.17, 15) is 0 Å². The first-order chi connectivity index (χ1) is 29.2. The minimum absolute atomic E-state index is 0.0159. The quantitative estimate of drug-likeness (QED) is 0.172. The number of hydrogen-bond acceptors (Lipinski definition) is 2. The zero-order valence-corrected chi connectivity index (χ0v) is 35.5. The van der Waals surface area contributed by atoms with Gasteiger partial charge in [0.05, 0.1) is 0 Å². The third-order valence-corrected chi connectivity index (χ3v) is 16.2. The van der Waals surface area contributed by atoms with Crippen LogP contribution in [-0.4, -0.2) is 0 Å². The van der Waals surface area contributed by atoms with E-state index in [1.165, 1.54) is 117 Å². The Bertz CT molecular complexity index is 2780. The Kier molecular flexibility index (Phi) is 7.98. The number of benzene rings is 7. The summed E-state index contributed by atoms with van der Waals surface area (Å²) in [5.74, 6) is 5.18. The minimum Gasteiger partial charge on any atom is -0.457 e. The van der Waals surface area contributed by atoms with E-state index in [4.69, 9.17) is 4.74 Å². The van der Waals surface area contributed by atoms with Gasteiger partial charge in [0.25, 0.3) is 0 Å². The van der Waals surface area contributed by atoms with E-state index in [0.29, 0.717) is 11.8 Å². The highest BCUT2D eigenvalue weighted by molar-refractivity contribution is 6.05. The van der Waals surface area contributed by atoms with Crippen molar-refractivity contribution in [1.82, 2.24) is 0 Å². The molecule has 1 heterocycles. The van der Waals surface area contributed by atoms with Crippen LogP contribution in [0.2, 0.25) is 0 Å². The first kappa shape index (κ1) is 36.3. The Morgan fingerprint density at radius 3 is 1.62 bits per heavy atom. The average molecular weight is 782 g/mol. The van der Waals surface area contributed by atoms with Crippen molar-refractivity contribution >= 4 is 27.8 Å². The second-order valence-corrected chi connectivity index (χ2v) is 20.4. The van der Waals surface area contributed by atoms with Gasteiger partial charge >= 0.3 is 0 Å². The molecule has 4 bridgehead atoms. The summed E-state index contributed by atoms with van der Waals surface area (Å²) in [6.07, 6.45) is 9.19. The molecule has 0 saturated heterocycles. The molecule has 5 aliphatic carbocycles. The molecular formula is C58H55NO. The van der Waals surface area contributed by atoms with Crippen molar-refractivity contribution in [3.63, 3.8) is 0 Å². The fourth-order valence-electron chi connectivity index (χ4n) is 13.4. The van der Waals surface area contributed by atoms with Crippen molar-refractivity contribution in [2.45, 2.75) is 88.9 Å². The van der Waals surface area contributed by atoms with Crippen LogP contribution in [0.3, 0.4) is 0 Å². The summed E-state index contributed by atoms with van der Waals surface area (Å²) in [6.45, 7) is 9.75. The smallest absolute Gasteiger partial charge is 0.131 e. The van der Waals surface area contributed by atoms with Crippen LogP contribution in [-0.2, 0) is 16.2 Å². The van der Waals surface area contributed by atoms with Gasteiger partial charge in [0.15, 0.2) is 0 Å². The molecule has 60 heavy (non-hydrogen) atoms.